The topological polar surface area (TPSA) is 36.7 Å². The van der Waals surface area contributed by atoms with Crippen molar-refractivity contribution in [2.45, 2.75) is 6.92 Å². The van der Waals surface area contributed by atoms with E-state index in [0.29, 0.717) is 5.56 Å². The minimum atomic E-state index is 0.682. The van der Waals surface area contributed by atoms with E-state index < -0.39 is 0 Å². The van der Waals surface area contributed by atoms with Crippen LogP contribution in [0.25, 0.3) is 10.6 Å². The summed E-state index contributed by atoms with van der Waals surface area (Å²) in [5.74, 6) is 0. The van der Waals surface area contributed by atoms with Gasteiger partial charge in [0.25, 0.3) is 0 Å². The molecule has 0 saturated carbocycles. The molecule has 0 amide bonds. The van der Waals surface area contributed by atoms with Crippen LogP contribution in [0.5, 0.6) is 0 Å². The largest absolute Gasteiger partial charge is 0.244 e. The van der Waals surface area contributed by atoms with Crippen molar-refractivity contribution >= 4 is 11.3 Å². The highest BCUT2D eigenvalue weighted by atomic mass is 32.1. The highest BCUT2D eigenvalue weighted by molar-refractivity contribution is 7.14. The van der Waals surface area contributed by atoms with Gasteiger partial charge in [-0.2, -0.15) is 5.26 Å². The van der Waals surface area contributed by atoms with E-state index in [1.165, 1.54) is 4.88 Å². The number of aromatic nitrogens is 1. The zero-order chi connectivity index (χ0) is 9.97. The fourth-order valence-electron chi connectivity index (χ4n) is 1.18. The van der Waals surface area contributed by atoms with E-state index in [1.54, 1.807) is 11.3 Å². The Morgan fingerprint density at radius 3 is 2.50 bits per heavy atom. The van der Waals surface area contributed by atoms with Gasteiger partial charge in [0.05, 0.1) is 11.6 Å². The van der Waals surface area contributed by atoms with Crippen molar-refractivity contribution in [3.8, 4) is 16.6 Å². The van der Waals surface area contributed by atoms with E-state index in [1.807, 2.05) is 37.4 Å². The third-order valence-electron chi connectivity index (χ3n) is 1.88. The van der Waals surface area contributed by atoms with Gasteiger partial charge in [-0.3, -0.25) is 0 Å². The molecule has 0 spiro atoms. The summed E-state index contributed by atoms with van der Waals surface area (Å²) in [6.07, 6.45) is 1.86. The van der Waals surface area contributed by atoms with Crippen LogP contribution in [-0.2, 0) is 0 Å². The van der Waals surface area contributed by atoms with Crippen LogP contribution >= 0.6 is 11.3 Å². The minimum absolute atomic E-state index is 0.682. The zero-order valence-corrected chi connectivity index (χ0v) is 8.51. The third kappa shape index (κ3) is 1.66. The normalized spacial score (nSPS) is 9.71. The summed E-state index contributed by atoms with van der Waals surface area (Å²) in [7, 11) is 0. The SMILES string of the molecule is Cc1cnc(-c2ccc(C#N)cc2)s1. The number of aryl methyl sites for hydroxylation is 1. The molecule has 3 heteroatoms. The quantitative estimate of drug-likeness (QED) is 0.709. The lowest BCUT2D eigenvalue weighted by atomic mass is 10.1. The Hall–Kier alpha value is -1.66. The summed E-state index contributed by atoms with van der Waals surface area (Å²) in [6, 6.07) is 9.57. The van der Waals surface area contributed by atoms with Gasteiger partial charge >= 0.3 is 0 Å². The molecule has 68 valence electrons. The van der Waals surface area contributed by atoms with E-state index in [4.69, 9.17) is 5.26 Å². The Kier molecular flexibility index (Phi) is 2.30. The van der Waals surface area contributed by atoms with E-state index >= 15 is 0 Å². The summed E-state index contributed by atoms with van der Waals surface area (Å²) in [5.41, 5.74) is 1.75. The fourth-order valence-corrected chi connectivity index (χ4v) is 1.95. The van der Waals surface area contributed by atoms with Crippen molar-refractivity contribution in [1.82, 2.24) is 4.98 Å². The van der Waals surface area contributed by atoms with Crippen LogP contribution in [0.4, 0.5) is 0 Å². The summed E-state index contributed by atoms with van der Waals surface area (Å²) >= 11 is 1.66. The molecule has 0 N–H and O–H groups in total. The van der Waals surface area contributed by atoms with E-state index in [9.17, 15) is 0 Å². The van der Waals surface area contributed by atoms with Crippen LogP contribution in [0, 0.1) is 18.3 Å². The molecule has 1 heterocycles. The number of nitriles is 1. The molecule has 0 aliphatic carbocycles. The Morgan fingerprint density at radius 1 is 1.29 bits per heavy atom. The Bertz CT molecular complexity index is 477. The van der Waals surface area contributed by atoms with Gasteiger partial charge in [0, 0.05) is 16.6 Å². The molecule has 2 rings (SSSR count). The predicted octanol–water partition coefficient (Wildman–Crippen LogP) is 2.99. The molecule has 0 fully saturated rings. The first-order valence-corrected chi connectivity index (χ1v) is 5.04. The number of rotatable bonds is 1. The highest BCUT2D eigenvalue weighted by Crippen LogP contribution is 2.24. The lowest BCUT2D eigenvalue weighted by Gasteiger charge is -1.94. The van der Waals surface area contributed by atoms with Gasteiger partial charge in [0.15, 0.2) is 0 Å². The van der Waals surface area contributed by atoms with Crippen LogP contribution in [0.15, 0.2) is 30.5 Å². The van der Waals surface area contributed by atoms with Gasteiger partial charge in [-0.1, -0.05) is 12.1 Å². The predicted molar refractivity (Wildman–Crippen MR) is 57.0 cm³/mol. The first kappa shape index (κ1) is 8.92. The number of hydrogen-bond donors (Lipinski definition) is 0. The van der Waals surface area contributed by atoms with Gasteiger partial charge in [0.2, 0.25) is 0 Å². The zero-order valence-electron chi connectivity index (χ0n) is 7.69. The standard InChI is InChI=1S/C11H8N2S/c1-8-7-13-11(14-8)10-4-2-9(6-12)3-5-10/h2-5,7H,1H3. The molecule has 0 atom stereocenters. The third-order valence-corrected chi connectivity index (χ3v) is 2.84. The average molecular weight is 200 g/mol. The molecular weight excluding hydrogens is 192 g/mol. The van der Waals surface area contributed by atoms with Crippen molar-refractivity contribution < 1.29 is 0 Å². The van der Waals surface area contributed by atoms with Gasteiger partial charge in [-0.05, 0) is 19.1 Å². The smallest absolute Gasteiger partial charge is 0.123 e. The molecule has 2 nitrogen and oxygen atoms in total. The minimum Gasteiger partial charge on any atom is -0.244 e. The van der Waals surface area contributed by atoms with Gasteiger partial charge in [-0.15, -0.1) is 11.3 Å². The van der Waals surface area contributed by atoms with Crippen LogP contribution in [0.2, 0.25) is 0 Å². The molecule has 0 bridgehead atoms. The maximum Gasteiger partial charge on any atom is 0.123 e. The van der Waals surface area contributed by atoms with Crippen molar-refractivity contribution in [1.29, 1.82) is 5.26 Å². The van der Waals surface area contributed by atoms with E-state index in [0.717, 1.165) is 10.6 Å². The lowest BCUT2D eigenvalue weighted by Crippen LogP contribution is -1.76. The number of thiazole rings is 1. The van der Waals surface area contributed by atoms with Crippen molar-refractivity contribution in [2.24, 2.45) is 0 Å². The molecule has 1 aromatic carbocycles. The van der Waals surface area contributed by atoms with Crippen molar-refractivity contribution in [3.05, 3.63) is 40.9 Å². The first-order valence-electron chi connectivity index (χ1n) is 4.22. The monoisotopic (exact) mass is 200 g/mol. The van der Waals surface area contributed by atoms with E-state index in [-0.39, 0.29) is 0 Å². The van der Waals surface area contributed by atoms with Crippen LogP contribution in [0.1, 0.15) is 10.4 Å². The number of hydrogen-bond acceptors (Lipinski definition) is 3. The summed E-state index contributed by atoms with van der Waals surface area (Å²) < 4.78 is 0. The molecule has 14 heavy (non-hydrogen) atoms. The molecule has 2 aromatic rings. The van der Waals surface area contributed by atoms with Gasteiger partial charge < -0.3 is 0 Å². The second kappa shape index (κ2) is 3.60. The summed E-state index contributed by atoms with van der Waals surface area (Å²) in [5, 5.41) is 9.65. The Labute approximate surface area is 86.5 Å². The molecular formula is C11H8N2S. The van der Waals surface area contributed by atoms with Gasteiger partial charge in [0.1, 0.15) is 5.01 Å². The number of benzene rings is 1. The maximum absolute atomic E-state index is 8.64. The van der Waals surface area contributed by atoms with Crippen LogP contribution < -0.4 is 0 Å². The lowest BCUT2D eigenvalue weighted by molar-refractivity contribution is 1.38. The van der Waals surface area contributed by atoms with Gasteiger partial charge in [-0.25, -0.2) is 4.98 Å². The fraction of sp³-hybridized carbons (Fsp3) is 0.0909. The summed E-state index contributed by atoms with van der Waals surface area (Å²) in [6.45, 7) is 2.03. The summed E-state index contributed by atoms with van der Waals surface area (Å²) in [4.78, 5) is 5.48. The second-order valence-electron chi connectivity index (χ2n) is 2.97. The highest BCUT2D eigenvalue weighted by Gasteiger charge is 2.01. The molecule has 0 aliphatic heterocycles. The Morgan fingerprint density at radius 2 is 2.00 bits per heavy atom. The Balaban J connectivity index is 2.39. The average Bonchev–Trinajstić information content (AvgIpc) is 2.65. The van der Waals surface area contributed by atoms with Crippen LogP contribution in [0.3, 0.4) is 0 Å². The maximum atomic E-state index is 8.64. The van der Waals surface area contributed by atoms with Crippen LogP contribution in [-0.4, -0.2) is 4.98 Å². The second-order valence-corrected chi connectivity index (χ2v) is 4.20. The van der Waals surface area contributed by atoms with Crippen molar-refractivity contribution in [2.75, 3.05) is 0 Å². The molecule has 0 radical (unpaired) electrons. The molecule has 0 aliphatic rings. The first-order chi connectivity index (χ1) is 6.79. The molecule has 0 saturated heterocycles. The van der Waals surface area contributed by atoms with E-state index in [2.05, 4.69) is 11.1 Å². The number of nitrogens with zero attached hydrogens (tertiary/aromatic N) is 2. The molecule has 0 unspecified atom stereocenters. The van der Waals surface area contributed by atoms with Crippen molar-refractivity contribution in [3.63, 3.8) is 0 Å². The molecule has 1 aromatic heterocycles.